The quantitative estimate of drug-likeness (QED) is 0.865. The zero-order valence-electron chi connectivity index (χ0n) is 9.13. The predicted octanol–water partition coefficient (Wildman–Crippen LogP) is 4.54. The summed E-state index contributed by atoms with van der Waals surface area (Å²) in [6, 6.07) is 5.86. The van der Waals surface area contributed by atoms with E-state index < -0.39 is 0 Å². The summed E-state index contributed by atoms with van der Waals surface area (Å²) in [4.78, 5) is 0. The van der Waals surface area contributed by atoms with E-state index in [1.807, 2.05) is 18.2 Å². The number of benzene rings is 1. The number of halogens is 2. The zero-order valence-corrected chi connectivity index (χ0v) is 11.5. The number of hydrogen-bond acceptors (Lipinski definition) is 1. The molecule has 0 saturated carbocycles. The van der Waals surface area contributed by atoms with Crippen molar-refractivity contribution in [3.8, 4) is 0 Å². The highest BCUT2D eigenvalue weighted by molar-refractivity contribution is 9.10. The monoisotopic (exact) mass is 289 g/mol. The number of rotatable bonds is 4. The third kappa shape index (κ3) is 4.13. The summed E-state index contributed by atoms with van der Waals surface area (Å²) in [5, 5.41) is 0.759. The highest BCUT2D eigenvalue weighted by atomic mass is 79.9. The first kappa shape index (κ1) is 13.0. The van der Waals surface area contributed by atoms with Gasteiger partial charge in [-0.2, -0.15) is 0 Å². The van der Waals surface area contributed by atoms with Crippen LogP contribution >= 0.6 is 27.5 Å². The maximum atomic E-state index is 6.11. The molecule has 2 N–H and O–H groups in total. The summed E-state index contributed by atoms with van der Waals surface area (Å²) < 4.78 is 1.03. The van der Waals surface area contributed by atoms with Crippen LogP contribution in [0, 0.1) is 5.92 Å². The van der Waals surface area contributed by atoms with Gasteiger partial charge < -0.3 is 5.73 Å². The molecule has 1 aromatic rings. The van der Waals surface area contributed by atoms with Gasteiger partial charge in [-0.25, -0.2) is 0 Å². The normalized spacial score (nSPS) is 13.2. The van der Waals surface area contributed by atoms with Crippen LogP contribution in [0.25, 0.3) is 0 Å². The van der Waals surface area contributed by atoms with E-state index in [-0.39, 0.29) is 6.04 Å². The lowest BCUT2D eigenvalue weighted by Gasteiger charge is -2.15. The van der Waals surface area contributed by atoms with Gasteiger partial charge in [-0.1, -0.05) is 41.4 Å². The molecule has 1 aromatic carbocycles. The van der Waals surface area contributed by atoms with Gasteiger partial charge in [-0.15, -0.1) is 0 Å². The van der Waals surface area contributed by atoms with Gasteiger partial charge in [0.05, 0.1) is 0 Å². The smallest absolute Gasteiger partial charge is 0.0454 e. The lowest BCUT2D eigenvalue weighted by atomic mass is 9.98. The first-order valence-electron chi connectivity index (χ1n) is 5.21. The lowest BCUT2D eigenvalue weighted by Crippen LogP contribution is -2.11. The first-order chi connectivity index (χ1) is 7.00. The Labute approximate surface area is 105 Å². The molecular formula is C12H17BrClN. The highest BCUT2D eigenvalue weighted by Crippen LogP contribution is 2.28. The molecule has 1 unspecified atom stereocenters. The Morgan fingerprint density at radius 2 is 2.00 bits per heavy atom. The molecule has 0 aliphatic rings. The highest BCUT2D eigenvalue weighted by Gasteiger charge is 2.11. The van der Waals surface area contributed by atoms with Crippen molar-refractivity contribution in [3.05, 3.63) is 33.3 Å². The van der Waals surface area contributed by atoms with E-state index >= 15 is 0 Å². The molecule has 1 rings (SSSR count). The molecule has 1 atom stereocenters. The van der Waals surface area contributed by atoms with Crippen molar-refractivity contribution in [2.75, 3.05) is 0 Å². The Hall–Kier alpha value is -0.0500. The van der Waals surface area contributed by atoms with E-state index in [1.165, 1.54) is 0 Å². The fraction of sp³-hybridized carbons (Fsp3) is 0.500. The zero-order chi connectivity index (χ0) is 11.4. The molecule has 0 heterocycles. The average Bonchev–Trinajstić information content (AvgIpc) is 2.18. The minimum absolute atomic E-state index is 0.0393. The first-order valence-corrected chi connectivity index (χ1v) is 6.38. The average molecular weight is 291 g/mol. The second kappa shape index (κ2) is 5.88. The second-order valence-corrected chi connectivity index (χ2v) is 5.57. The predicted molar refractivity (Wildman–Crippen MR) is 70.2 cm³/mol. The van der Waals surface area contributed by atoms with E-state index in [0.717, 1.165) is 27.9 Å². The maximum absolute atomic E-state index is 6.11. The third-order valence-corrected chi connectivity index (χ3v) is 3.25. The Morgan fingerprint density at radius 1 is 1.33 bits per heavy atom. The fourth-order valence-corrected chi connectivity index (χ4v) is 2.10. The summed E-state index contributed by atoms with van der Waals surface area (Å²) in [5.74, 6) is 0.682. The molecule has 0 radical (unpaired) electrons. The summed E-state index contributed by atoms with van der Waals surface area (Å²) in [6.45, 7) is 4.41. The largest absolute Gasteiger partial charge is 0.324 e. The van der Waals surface area contributed by atoms with Crippen LogP contribution in [0.3, 0.4) is 0 Å². The van der Waals surface area contributed by atoms with Crippen LogP contribution in [-0.4, -0.2) is 0 Å². The molecule has 0 saturated heterocycles. The minimum Gasteiger partial charge on any atom is -0.324 e. The van der Waals surface area contributed by atoms with Gasteiger partial charge in [0.25, 0.3) is 0 Å². The maximum Gasteiger partial charge on any atom is 0.0454 e. The lowest BCUT2D eigenvalue weighted by molar-refractivity contribution is 0.507. The summed E-state index contributed by atoms with van der Waals surface area (Å²) in [6.07, 6.45) is 2.11. The molecular weight excluding hydrogens is 273 g/mol. The summed E-state index contributed by atoms with van der Waals surface area (Å²) in [5.41, 5.74) is 7.14. The van der Waals surface area contributed by atoms with E-state index in [9.17, 15) is 0 Å². The van der Waals surface area contributed by atoms with Crippen molar-refractivity contribution in [2.24, 2.45) is 11.7 Å². The van der Waals surface area contributed by atoms with Crippen molar-refractivity contribution in [1.29, 1.82) is 0 Å². The van der Waals surface area contributed by atoms with Gasteiger partial charge in [-0.3, -0.25) is 0 Å². The fourth-order valence-electron chi connectivity index (χ4n) is 1.47. The molecule has 0 aliphatic carbocycles. The third-order valence-electron chi connectivity index (χ3n) is 2.41. The van der Waals surface area contributed by atoms with Gasteiger partial charge in [0.1, 0.15) is 0 Å². The van der Waals surface area contributed by atoms with Gasteiger partial charge >= 0.3 is 0 Å². The second-order valence-electron chi connectivity index (χ2n) is 4.24. The SMILES string of the molecule is CC(C)CCC(N)c1cc(Br)ccc1Cl. The molecule has 0 aliphatic heterocycles. The topological polar surface area (TPSA) is 26.0 Å². The Balaban J connectivity index is 2.72. The molecule has 84 valence electrons. The van der Waals surface area contributed by atoms with Crippen LogP contribution < -0.4 is 5.73 Å². The summed E-state index contributed by atoms with van der Waals surface area (Å²) >= 11 is 9.54. The van der Waals surface area contributed by atoms with Crippen molar-refractivity contribution in [2.45, 2.75) is 32.7 Å². The molecule has 3 heteroatoms. The Bertz CT molecular complexity index is 325. The van der Waals surface area contributed by atoms with Crippen molar-refractivity contribution >= 4 is 27.5 Å². The molecule has 0 fully saturated rings. The van der Waals surface area contributed by atoms with Crippen LogP contribution in [0.15, 0.2) is 22.7 Å². The number of hydrogen-bond donors (Lipinski definition) is 1. The van der Waals surface area contributed by atoms with Crippen molar-refractivity contribution in [1.82, 2.24) is 0 Å². The van der Waals surface area contributed by atoms with E-state index in [1.54, 1.807) is 0 Å². The van der Waals surface area contributed by atoms with Crippen LogP contribution in [0.5, 0.6) is 0 Å². The van der Waals surface area contributed by atoms with Crippen molar-refractivity contribution < 1.29 is 0 Å². The van der Waals surface area contributed by atoms with Crippen LogP contribution in [0.4, 0.5) is 0 Å². The standard InChI is InChI=1S/C12H17BrClN/c1-8(2)3-6-12(15)10-7-9(13)4-5-11(10)14/h4-5,7-8,12H,3,6,15H2,1-2H3. The van der Waals surface area contributed by atoms with Crippen LogP contribution in [-0.2, 0) is 0 Å². The molecule has 0 spiro atoms. The number of nitrogens with two attached hydrogens (primary N) is 1. The van der Waals surface area contributed by atoms with Crippen molar-refractivity contribution in [3.63, 3.8) is 0 Å². The molecule has 15 heavy (non-hydrogen) atoms. The molecule has 0 aromatic heterocycles. The molecule has 0 amide bonds. The van der Waals surface area contributed by atoms with Crippen LogP contribution in [0.1, 0.15) is 38.3 Å². The molecule has 1 nitrogen and oxygen atoms in total. The minimum atomic E-state index is 0.0393. The molecule has 0 bridgehead atoms. The van der Waals surface area contributed by atoms with E-state index in [2.05, 4.69) is 29.8 Å². The van der Waals surface area contributed by atoms with Crippen LogP contribution in [0.2, 0.25) is 5.02 Å². The van der Waals surface area contributed by atoms with Gasteiger partial charge in [0, 0.05) is 15.5 Å². The summed E-state index contributed by atoms with van der Waals surface area (Å²) in [7, 11) is 0. The Morgan fingerprint density at radius 3 is 2.60 bits per heavy atom. The van der Waals surface area contributed by atoms with Gasteiger partial charge in [0.2, 0.25) is 0 Å². The van der Waals surface area contributed by atoms with E-state index in [4.69, 9.17) is 17.3 Å². The Kier molecular flexibility index (Phi) is 5.10. The van der Waals surface area contributed by atoms with E-state index in [0.29, 0.717) is 5.92 Å². The van der Waals surface area contributed by atoms with Gasteiger partial charge in [0.15, 0.2) is 0 Å². The van der Waals surface area contributed by atoms with Gasteiger partial charge in [-0.05, 0) is 42.5 Å².